The molecule has 2 atom stereocenters. The van der Waals surface area contributed by atoms with E-state index in [4.69, 9.17) is 4.74 Å². The molecule has 0 heterocycles. The lowest BCUT2D eigenvalue weighted by Gasteiger charge is -2.16. The van der Waals surface area contributed by atoms with Gasteiger partial charge in [-0.05, 0) is 26.2 Å². The van der Waals surface area contributed by atoms with Crippen LogP contribution in [0, 0.1) is 0 Å². The van der Waals surface area contributed by atoms with Gasteiger partial charge in [0.05, 0.1) is 11.7 Å². The molecular weight excluding hydrogens is 152 g/mol. The number of hydrogen-bond donors (Lipinski definition) is 1. The van der Waals surface area contributed by atoms with E-state index in [1.54, 1.807) is 0 Å². The Balaban J connectivity index is 2.11. The second-order valence-electron chi connectivity index (χ2n) is 4.09. The zero-order valence-electron chi connectivity index (χ0n) is 8.18. The van der Waals surface area contributed by atoms with Gasteiger partial charge in [0.2, 0.25) is 0 Å². The molecule has 2 heteroatoms. The SMILES string of the molecule is CCCCOC1CCC(C)(O)C1. The monoisotopic (exact) mass is 172 g/mol. The fraction of sp³-hybridized carbons (Fsp3) is 1.00. The van der Waals surface area contributed by atoms with E-state index in [1.165, 1.54) is 6.42 Å². The van der Waals surface area contributed by atoms with Gasteiger partial charge in [0, 0.05) is 13.0 Å². The first-order valence-electron chi connectivity index (χ1n) is 4.98. The van der Waals surface area contributed by atoms with Gasteiger partial charge in [0.15, 0.2) is 0 Å². The third-order valence-corrected chi connectivity index (χ3v) is 2.52. The first-order valence-corrected chi connectivity index (χ1v) is 4.98. The predicted octanol–water partition coefficient (Wildman–Crippen LogP) is 2.11. The Morgan fingerprint density at radius 2 is 2.33 bits per heavy atom. The van der Waals surface area contributed by atoms with Crippen molar-refractivity contribution >= 4 is 0 Å². The van der Waals surface area contributed by atoms with Crippen molar-refractivity contribution in [2.24, 2.45) is 0 Å². The zero-order chi connectivity index (χ0) is 9.03. The molecule has 1 fully saturated rings. The largest absolute Gasteiger partial charge is 0.390 e. The summed E-state index contributed by atoms with van der Waals surface area (Å²) in [5.41, 5.74) is -0.461. The molecule has 0 spiro atoms. The summed E-state index contributed by atoms with van der Waals surface area (Å²) in [5, 5.41) is 9.64. The average Bonchev–Trinajstić information content (AvgIpc) is 2.31. The third-order valence-electron chi connectivity index (χ3n) is 2.52. The number of hydrogen-bond acceptors (Lipinski definition) is 2. The molecule has 0 aromatic heterocycles. The van der Waals surface area contributed by atoms with Crippen LogP contribution in [-0.4, -0.2) is 23.4 Å². The maximum absolute atomic E-state index is 9.64. The first-order chi connectivity index (χ1) is 5.64. The Morgan fingerprint density at radius 3 is 2.83 bits per heavy atom. The van der Waals surface area contributed by atoms with Gasteiger partial charge in [0.1, 0.15) is 0 Å². The molecule has 12 heavy (non-hydrogen) atoms. The lowest BCUT2D eigenvalue weighted by Crippen LogP contribution is -2.21. The topological polar surface area (TPSA) is 29.5 Å². The number of aliphatic hydroxyl groups is 1. The van der Waals surface area contributed by atoms with E-state index >= 15 is 0 Å². The van der Waals surface area contributed by atoms with E-state index in [0.29, 0.717) is 6.10 Å². The molecule has 0 radical (unpaired) electrons. The van der Waals surface area contributed by atoms with Gasteiger partial charge in [-0.2, -0.15) is 0 Å². The molecule has 1 aliphatic rings. The highest BCUT2D eigenvalue weighted by Crippen LogP contribution is 2.31. The van der Waals surface area contributed by atoms with Crippen molar-refractivity contribution in [1.82, 2.24) is 0 Å². The van der Waals surface area contributed by atoms with Crippen molar-refractivity contribution < 1.29 is 9.84 Å². The summed E-state index contributed by atoms with van der Waals surface area (Å²) in [7, 11) is 0. The normalized spacial score (nSPS) is 35.8. The molecule has 72 valence electrons. The minimum absolute atomic E-state index is 0.312. The van der Waals surface area contributed by atoms with Crippen LogP contribution in [0.4, 0.5) is 0 Å². The molecule has 1 rings (SSSR count). The van der Waals surface area contributed by atoms with Crippen LogP contribution in [0.25, 0.3) is 0 Å². The summed E-state index contributed by atoms with van der Waals surface area (Å²) in [6.45, 7) is 4.92. The van der Waals surface area contributed by atoms with Gasteiger partial charge >= 0.3 is 0 Å². The standard InChI is InChI=1S/C10H20O2/c1-3-4-7-12-9-5-6-10(2,11)8-9/h9,11H,3-8H2,1-2H3. The highest BCUT2D eigenvalue weighted by Gasteiger charge is 2.33. The van der Waals surface area contributed by atoms with Gasteiger partial charge in [-0.25, -0.2) is 0 Å². The Kier molecular flexibility index (Phi) is 3.53. The first kappa shape index (κ1) is 10.0. The lowest BCUT2D eigenvalue weighted by atomic mass is 10.1. The van der Waals surface area contributed by atoms with Gasteiger partial charge < -0.3 is 9.84 Å². The summed E-state index contributed by atoms with van der Waals surface area (Å²) < 4.78 is 5.62. The van der Waals surface area contributed by atoms with Crippen molar-refractivity contribution in [3.05, 3.63) is 0 Å². The van der Waals surface area contributed by atoms with Crippen molar-refractivity contribution in [2.45, 2.75) is 57.7 Å². The summed E-state index contributed by atoms with van der Waals surface area (Å²) in [4.78, 5) is 0. The van der Waals surface area contributed by atoms with Crippen LogP contribution >= 0.6 is 0 Å². The van der Waals surface area contributed by atoms with E-state index in [9.17, 15) is 5.11 Å². The molecular formula is C10H20O2. The average molecular weight is 172 g/mol. The van der Waals surface area contributed by atoms with Crippen LogP contribution < -0.4 is 0 Å². The summed E-state index contributed by atoms with van der Waals surface area (Å²) in [5.74, 6) is 0. The molecule has 1 saturated carbocycles. The van der Waals surface area contributed by atoms with Crippen molar-refractivity contribution in [3.63, 3.8) is 0 Å². The molecule has 0 aromatic rings. The molecule has 0 bridgehead atoms. The summed E-state index contributed by atoms with van der Waals surface area (Å²) >= 11 is 0. The molecule has 0 saturated heterocycles. The fourth-order valence-electron chi connectivity index (χ4n) is 1.70. The quantitative estimate of drug-likeness (QED) is 0.658. The second-order valence-corrected chi connectivity index (χ2v) is 4.09. The molecule has 0 aromatic carbocycles. The van der Waals surface area contributed by atoms with Gasteiger partial charge in [0.25, 0.3) is 0 Å². The molecule has 0 amide bonds. The van der Waals surface area contributed by atoms with Crippen LogP contribution in [0.3, 0.4) is 0 Å². The number of unbranched alkanes of at least 4 members (excludes halogenated alkanes) is 1. The molecule has 2 unspecified atom stereocenters. The van der Waals surface area contributed by atoms with Crippen LogP contribution in [0.2, 0.25) is 0 Å². The molecule has 1 aliphatic carbocycles. The van der Waals surface area contributed by atoms with E-state index in [-0.39, 0.29) is 0 Å². The Hall–Kier alpha value is -0.0800. The smallest absolute Gasteiger partial charge is 0.0645 e. The fourth-order valence-corrected chi connectivity index (χ4v) is 1.70. The van der Waals surface area contributed by atoms with E-state index in [2.05, 4.69) is 6.92 Å². The summed E-state index contributed by atoms with van der Waals surface area (Å²) in [6, 6.07) is 0. The minimum atomic E-state index is -0.461. The lowest BCUT2D eigenvalue weighted by molar-refractivity contribution is 0.0174. The van der Waals surface area contributed by atoms with E-state index < -0.39 is 5.60 Å². The summed E-state index contributed by atoms with van der Waals surface area (Å²) in [6.07, 6.45) is 5.37. The maximum atomic E-state index is 9.64. The van der Waals surface area contributed by atoms with Crippen LogP contribution in [0.15, 0.2) is 0 Å². The van der Waals surface area contributed by atoms with Crippen LogP contribution in [0.1, 0.15) is 46.0 Å². The maximum Gasteiger partial charge on any atom is 0.0645 e. The van der Waals surface area contributed by atoms with Crippen LogP contribution in [0.5, 0.6) is 0 Å². The van der Waals surface area contributed by atoms with Gasteiger partial charge in [-0.15, -0.1) is 0 Å². The third kappa shape index (κ3) is 3.11. The van der Waals surface area contributed by atoms with Gasteiger partial charge in [-0.1, -0.05) is 13.3 Å². The highest BCUT2D eigenvalue weighted by molar-refractivity contribution is 4.85. The highest BCUT2D eigenvalue weighted by atomic mass is 16.5. The van der Waals surface area contributed by atoms with Crippen molar-refractivity contribution in [2.75, 3.05) is 6.61 Å². The molecule has 0 aliphatic heterocycles. The Morgan fingerprint density at radius 1 is 1.58 bits per heavy atom. The number of rotatable bonds is 4. The molecule has 2 nitrogen and oxygen atoms in total. The predicted molar refractivity (Wildman–Crippen MR) is 49.1 cm³/mol. The van der Waals surface area contributed by atoms with Crippen LogP contribution in [-0.2, 0) is 4.74 Å². The van der Waals surface area contributed by atoms with Gasteiger partial charge in [-0.3, -0.25) is 0 Å². The zero-order valence-corrected chi connectivity index (χ0v) is 8.18. The van der Waals surface area contributed by atoms with Crippen molar-refractivity contribution in [3.8, 4) is 0 Å². The van der Waals surface area contributed by atoms with Crippen molar-refractivity contribution in [1.29, 1.82) is 0 Å². The Bertz CT molecular complexity index is 132. The second kappa shape index (κ2) is 4.24. The molecule has 1 N–H and O–H groups in total. The minimum Gasteiger partial charge on any atom is -0.390 e. The van der Waals surface area contributed by atoms with E-state index in [1.807, 2.05) is 6.92 Å². The Labute approximate surface area is 74.9 Å². The van der Waals surface area contributed by atoms with E-state index in [0.717, 1.165) is 32.3 Å². The number of ether oxygens (including phenoxy) is 1.